The van der Waals surface area contributed by atoms with Crippen molar-refractivity contribution in [3.63, 3.8) is 0 Å². The van der Waals surface area contributed by atoms with Crippen molar-refractivity contribution >= 4 is 28.9 Å². The van der Waals surface area contributed by atoms with Crippen LogP contribution in [0.4, 0.5) is 11.4 Å². The van der Waals surface area contributed by atoms with Gasteiger partial charge in [0.25, 0.3) is 11.6 Å². The van der Waals surface area contributed by atoms with Gasteiger partial charge in [0, 0.05) is 49.1 Å². The van der Waals surface area contributed by atoms with E-state index in [0.29, 0.717) is 55.3 Å². The summed E-state index contributed by atoms with van der Waals surface area (Å²) >= 11 is 5.90. The third-order valence-corrected chi connectivity index (χ3v) is 5.82. The maximum Gasteiger partial charge on any atom is 0.294 e. The van der Waals surface area contributed by atoms with E-state index >= 15 is 0 Å². The second-order valence-electron chi connectivity index (χ2n) is 8.04. The number of likely N-dealkylation sites (tertiary alicyclic amines) is 1. The monoisotopic (exact) mass is 395 g/mol. The molecule has 27 heavy (non-hydrogen) atoms. The molecule has 0 saturated carbocycles. The molecule has 2 saturated heterocycles. The Morgan fingerprint density at radius 1 is 1.22 bits per heavy atom. The Morgan fingerprint density at radius 2 is 1.85 bits per heavy atom. The smallest absolute Gasteiger partial charge is 0.294 e. The number of nitro groups is 1. The molecular weight excluding hydrogens is 368 g/mol. The lowest BCUT2D eigenvalue weighted by Gasteiger charge is -2.37. The van der Waals surface area contributed by atoms with E-state index in [0.717, 1.165) is 13.1 Å². The molecule has 7 nitrogen and oxygen atoms in total. The number of carbonyl (C=O) groups excluding carboxylic acids is 1. The van der Waals surface area contributed by atoms with Gasteiger partial charge in [0.2, 0.25) is 0 Å². The van der Waals surface area contributed by atoms with E-state index < -0.39 is 4.92 Å². The number of piperidine rings is 1. The van der Waals surface area contributed by atoms with E-state index in [9.17, 15) is 14.9 Å². The van der Waals surface area contributed by atoms with Gasteiger partial charge < -0.3 is 14.7 Å². The Hall–Kier alpha value is -1.86. The van der Waals surface area contributed by atoms with Crippen LogP contribution in [0.3, 0.4) is 0 Å². The second-order valence-corrected chi connectivity index (χ2v) is 8.48. The van der Waals surface area contributed by atoms with Crippen LogP contribution in [0.1, 0.15) is 20.3 Å². The first kappa shape index (κ1) is 19.9. The van der Waals surface area contributed by atoms with E-state index in [1.54, 1.807) is 12.1 Å². The van der Waals surface area contributed by atoms with Crippen LogP contribution in [0.2, 0.25) is 5.02 Å². The number of piperazine rings is 1. The molecule has 2 aliphatic heterocycles. The zero-order valence-corrected chi connectivity index (χ0v) is 16.7. The molecule has 1 unspecified atom stereocenters. The number of benzene rings is 1. The number of nitrogens with zero attached hydrogens (tertiary/aromatic N) is 3. The summed E-state index contributed by atoms with van der Waals surface area (Å²) in [4.78, 5) is 28.9. The van der Waals surface area contributed by atoms with Crippen molar-refractivity contribution in [2.75, 3.05) is 50.7 Å². The van der Waals surface area contributed by atoms with Crippen LogP contribution in [-0.2, 0) is 4.79 Å². The van der Waals surface area contributed by atoms with Gasteiger partial charge >= 0.3 is 0 Å². The third-order valence-electron chi connectivity index (χ3n) is 5.59. The molecule has 2 aliphatic rings. The zero-order chi connectivity index (χ0) is 19.6. The summed E-state index contributed by atoms with van der Waals surface area (Å²) in [5, 5.41) is 11.7. The summed E-state index contributed by atoms with van der Waals surface area (Å²) in [5.74, 6) is 1.52. The Balaban J connectivity index is 1.57. The molecule has 1 aromatic rings. The van der Waals surface area contributed by atoms with E-state index in [1.807, 2.05) is 9.80 Å². The van der Waals surface area contributed by atoms with Gasteiger partial charge in [-0.25, -0.2) is 0 Å². The van der Waals surface area contributed by atoms with E-state index in [4.69, 9.17) is 11.6 Å². The van der Waals surface area contributed by atoms with Crippen LogP contribution in [-0.4, -0.2) is 61.5 Å². The minimum absolute atomic E-state index is 0.0167. The van der Waals surface area contributed by atoms with Crippen LogP contribution in [0.25, 0.3) is 0 Å². The van der Waals surface area contributed by atoms with Crippen LogP contribution >= 0.6 is 11.6 Å². The fraction of sp³-hybridized carbons (Fsp3) is 0.632. The quantitative estimate of drug-likeness (QED) is 0.619. The molecule has 3 atom stereocenters. The highest BCUT2D eigenvalue weighted by Gasteiger charge is 2.30. The SMILES string of the molecule is C[C@@H]1C[C@H](C)C[NH+](CC(=O)N2CCN(c3ccc(Cl)cc3[N+](=O)[O-])CC2)C1. The summed E-state index contributed by atoms with van der Waals surface area (Å²) in [6.45, 7) is 9.58. The predicted molar refractivity (Wildman–Crippen MR) is 105 cm³/mol. The van der Waals surface area contributed by atoms with Gasteiger partial charge in [0.05, 0.1) is 18.0 Å². The van der Waals surface area contributed by atoms with Gasteiger partial charge in [-0.15, -0.1) is 0 Å². The number of carbonyl (C=O) groups is 1. The molecule has 0 spiro atoms. The minimum atomic E-state index is -0.402. The molecule has 0 radical (unpaired) electrons. The Kier molecular flexibility index (Phi) is 6.22. The first-order valence-electron chi connectivity index (χ1n) is 9.63. The van der Waals surface area contributed by atoms with E-state index in [2.05, 4.69) is 13.8 Å². The van der Waals surface area contributed by atoms with Gasteiger partial charge in [-0.05, 0) is 18.6 Å². The minimum Gasteiger partial charge on any atom is -0.362 e. The number of hydrogen-bond acceptors (Lipinski definition) is 4. The normalized spacial score (nSPS) is 26.1. The highest BCUT2D eigenvalue weighted by molar-refractivity contribution is 6.30. The largest absolute Gasteiger partial charge is 0.362 e. The van der Waals surface area contributed by atoms with E-state index in [1.165, 1.54) is 17.4 Å². The fourth-order valence-electron chi connectivity index (χ4n) is 4.50. The van der Waals surface area contributed by atoms with Crippen molar-refractivity contribution < 1.29 is 14.6 Å². The molecule has 1 aromatic carbocycles. The number of amides is 1. The van der Waals surface area contributed by atoms with Gasteiger partial charge in [-0.1, -0.05) is 25.4 Å². The maximum absolute atomic E-state index is 12.7. The number of halogens is 1. The molecule has 2 heterocycles. The Morgan fingerprint density at radius 3 is 2.44 bits per heavy atom. The topological polar surface area (TPSA) is 71.1 Å². The molecule has 0 aromatic heterocycles. The molecule has 3 rings (SSSR count). The highest BCUT2D eigenvalue weighted by Crippen LogP contribution is 2.31. The van der Waals surface area contributed by atoms with Crippen molar-refractivity contribution in [2.45, 2.75) is 20.3 Å². The molecule has 1 amide bonds. The second kappa shape index (κ2) is 8.44. The maximum atomic E-state index is 12.7. The van der Waals surface area contributed by atoms with Crippen LogP contribution in [0, 0.1) is 22.0 Å². The number of nitrogens with one attached hydrogen (secondary N) is 1. The third kappa shape index (κ3) is 4.90. The first-order chi connectivity index (χ1) is 12.8. The summed E-state index contributed by atoms with van der Waals surface area (Å²) in [6.07, 6.45) is 1.25. The lowest BCUT2D eigenvalue weighted by molar-refractivity contribution is -0.904. The van der Waals surface area contributed by atoms with E-state index in [-0.39, 0.29) is 11.6 Å². The van der Waals surface area contributed by atoms with Crippen LogP contribution < -0.4 is 9.80 Å². The zero-order valence-electron chi connectivity index (χ0n) is 16.0. The van der Waals surface area contributed by atoms with Crippen LogP contribution in [0.5, 0.6) is 0 Å². The molecule has 1 N–H and O–H groups in total. The number of nitro benzene ring substituents is 1. The van der Waals surface area contributed by atoms with Gasteiger partial charge in [0.15, 0.2) is 6.54 Å². The summed E-state index contributed by atoms with van der Waals surface area (Å²) in [6, 6.07) is 4.75. The standard InChI is InChI=1S/C19H27ClN4O3/c1-14-9-15(2)12-21(11-14)13-19(25)23-7-5-22(6-8-23)17-4-3-16(20)10-18(17)24(26)27/h3-4,10,14-15H,5-9,11-13H2,1-2H3/p+1/t14-,15+. The van der Waals surface area contributed by atoms with Crippen molar-refractivity contribution in [3.05, 3.63) is 33.3 Å². The van der Waals surface area contributed by atoms with Crippen LogP contribution in [0.15, 0.2) is 18.2 Å². The molecule has 2 fully saturated rings. The Labute approximate surface area is 165 Å². The first-order valence-corrected chi connectivity index (χ1v) is 10.0. The number of hydrogen-bond donors (Lipinski definition) is 1. The molecular formula is C19H28ClN4O3+. The molecule has 8 heteroatoms. The average Bonchev–Trinajstić information content (AvgIpc) is 2.61. The van der Waals surface area contributed by atoms with Gasteiger partial charge in [-0.3, -0.25) is 14.9 Å². The van der Waals surface area contributed by atoms with Gasteiger partial charge in [-0.2, -0.15) is 0 Å². The van der Waals surface area contributed by atoms with Gasteiger partial charge in [0.1, 0.15) is 5.69 Å². The molecule has 148 valence electrons. The van der Waals surface area contributed by atoms with Crippen molar-refractivity contribution in [2.24, 2.45) is 11.8 Å². The average molecular weight is 396 g/mol. The van der Waals surface area contributed by atoms with Crippen molar-refractivity contribution in [1.29, 1.82) is 0 Å². The summed E-state index contributed by atoms with van der Waals surface area (Å²) in [5.41, 5.74) is 0.587. The molecule has 0 aliphatic carbocycles. The molecule has 0 bridgehead atoms. The summed E-state index contributed by atoms with van der Waals surface area (Å²) in [7, 11) is 0. The lowest BCUT2D eigenvalue weighted by Crippen LogP contribution is -3.15. The lowest BCUT2D eigenvalue weighted by atomic mass is 9.92. The summed E-state index contributed by atoms with van der Waals surface area (Å²) < 4.78 is 0. The number of rotatable bonds is 4. The highest BCUT2D eigenvalue weighted by atomic mass is 35.5. The fourth-order valence-corrected chi connectivity index (χ4v) is 4.67. The number of quaternary nitrogens is 1. The predicted octanol–water partition coefficient (Wildman–Crippen LogP) is 1.46. The number of anilines is 1. The Bertz CT molecular complexity index is 696. The van der Waals surface area contributed by atoms with Crippen molar-refractivity contribution in [1.82, 2.24) is 4.90 Å². The van der Waals surface area contributed by atoms with Crippen molar-refractivity contribution in [3.8, 4) is 0 Å².